The van der Waals surface area contributed by atoms with Crippen LogP contribution in [-0.4, -0.2) is 40.3 Å². The fourth-order valence-electron chi connectivity index (χ4n) is 2.34. The zero-order valence-electron chi connectivity index (χ0n) is 11.9. The van der Waals surface area contributed by atoms with E-state index in [9.17, 15) is 0 Å². The molecule has 3 atom stereocenters. The van der Waals surface area contributed by atoms with E-state index in [4.69, 9.17) is 9.26 Å². The van der Waals surface area contributed by atoms with E-state index >= 15 is 0 Å². The van der Waals surface area contributed by atoms with Crippen molar-refractivity contribution in [1.29, 1.82) is 0 Å². The van der Waals surface area contributed by atoms with Crippen LogP contribution in [0.5, 0.6) is 0 Å². The Balaban J connectivity index is 2.07. The molecule has 1 saturated heterocycles. The number of rotatable bonds is 3. The van der Waals surface area contributed by atoms with Crippen LogP contribution in [-0.2, 0) is 4.74 Å². The van der Waals surface area contributed by atoms with E-state index in [1.54, 1.807) is 0 Å². The van der Waals surface area contributed by atoms with Crippen molar-refractivity contribution < 1.29 is 9.26 Å². The SMILES string of the molecule is CC1CN(C(C)c2nc(C(C)C)no2)CC(C)O1. The first-order valence-corrected chi connectivity index (χ1v) is 6.70. The summed E-state index contributed by atoms with van der Waals surface area (Å²) in [5.74, 6) is 1.79. The maximum Gasteiger partial charge on any atom is 0.243 e. The van der Waals surface area contributed by atoms with Gasteiger partial charge in [-0.2, -0.15) is 4.98 Å². The monoisotopic (exact) mass is 253 g/mol. The van der Waals surface area contributed by atoms with Crippen molar-refractivity contribution in [3.05, 3.63) is 11.7 Å². The summed E-state index contributed by atoms with van der Waals surface area (Å²) in [6, 6.07) is 0.152. The van der Waals surface area contributed by atoms with E-state index in [1.807, 2.05) is 0 Å². The Hall–Kier alpha value is -0.940. The van der Waals surface area contributed by atoms with E-state index in [0.717, 1.165) is 18.9 Å². The Morgan fingerprint density at radius 1 is 1.17 bits per heavy atom. The minimum atomic E-state index is 0.152. The molecule has 18 heavy (non-hydrogen) atoms. The minimum Gasteiger partial charge on any atom is -0.373 e. The smallest absolute Gasteiger partial charge is 0.243 e. The van der Waals surface area contributed by atoms with E-state index in [0.29, 0.717) is 11.8 Å². The van der Waals surface area contributed by atoms with Crippen LogP contribution in [0.3, 0.4) is 0 Å². The number of hydrogen-bond acceptors (Lipinski definition) is 5. The lowest BCUT2D eigenvalue weighted by Crippen LogP contribution is -2.46. The van der Waals surface area contributed by atoms with E-state index in [2.05, 4.69) is 49.7 Å². The maximum atomic E-state index is 5.74. The third-order valence-corrected chi connectivity index (χ3v) is 3.33. The first-order valence-electron chi connectivity index (χ1n) is 6.70. The van der Waals surface area contributed by atoms with E-state index in [-0.39, 0.29) is 18.2 Å². The van der Waals surface area contributed by atoms with Gasteiger partial charge in [0.25, 0.3) is 0 Å². The molecular formula is C13H23N3O2. The van der Waals surface area contributed by atoms with Crippen molar-refractivity contribution in [1.82, 2.24) is 15.0 Å². The molecule has 0 spiro atoms. The lowest BCUT2D eigenvalue weighted by Gasteiger charge is -2.37. The molecule has 2 heterocycles. The van der Waals surface area contributed by atoms with E-state index < -0.39 is 0 Å². The van der Waals surface area contributed by atoms with Gasteiger partial charge in [0.05, 0.1) is 18.2 Å². The summed E-state index contributed by atoms with van der Waals surface area (Å²) in [4.78, 5) is 6.82. The third-order valence-electron chi connectivity index (χ3n) is 3.33. The van der Waals surface area contributed by atoms with Gasteiger partial charge in [0.15, 0.2) is 5.82 Å². The average molecular weight is 253 g/mol. The highest BCUT2D eigenvalue weighted by molar-refractivity contribution is 4.96. The molecule has 0 amide bonds. The van der Waals surface area contributed by atoms with Gasteiger partial charge in [-0.15, -0.1) is 0 Å². The molecule has 0 saturated carbocycles. The van der Waals surface area contributed by atoms with Crippen LogP contribution in [0.25, 0.3) is 0 Å². The molecule has 1 aromatic rings. The summed E-state index contributed by atoms with van der Waals surface area (Å²) < 4.78 is 11.1. The van der Waals surface area contributed by atoms with Crippen molar-refractivity contribution in [2.45, 2.75) is 58.8 Å². The number of morpholine rings is 1. The van der Waals surface area contributed by atoms with Gasteiger partial charge in [0.2, 0.25) is 5.89 Å². The molecule has 0 bridgehead atoms. The quantitative estimate of drug-likeness (QED) is 0.827. The van der Waals surface area contributed by atoms with Gasteiger partial charge in [-0.1, -0.05) is 19.0 Å². The topological polar surface area (TPSA) is 51.4 Å². The van der Waals surface area contributed by atoms with Crippen LogP contribution < -0.4 is 0 Å². The molecule has 1 aromatic heterocycles. The van der Waals surface area contributed by atoms with Crippen molar-refractivity contribution in [3.8, 4) is 0 Å². The Morgan fingerprint density at radius 2 is 1.78 bits per heavy atom. The zero-order chi connectivity index (χ0) is 13.3. The van der Waals surface area contributed by atoms with Crippen LogP contribution in [0.4, 0.5) is 0 Å². The fourth-order valence-corrected chi connectivity index (χ4v) is 2.34. The average Bonchev–Trinajstić information content (AvgIpc) is 2.75. The van der Waals surface area contributed by atoms with Gasteiger partial charge in [0, 0.05) is 19.0 Å². The van der Waals surface area contributed by atoms with Crippen LogP contribution in [0.1, 0.15) is 58.3 Å². The zero-order valence-corrected chi connectivity index (χ0v) is 11.9. The Kier molecular flexibility index (Phi) is 4.02. The van der Waals surface area contributed by atoms with Gasteiger partial charge in [-0.3, -0.25) is 4.90 Å². The summed E-state index contributed by atoms with van der Waals surface area (Å²) in [5.41, 5.74) is 0. The molecular weight excluding hydrogens is 230 g/mol. The molecule has 5 nitrogen and oxygen atoms in total. The highest BCUT2D eigenvalue weighted by Crippen LogP contribution is 2.24. The van der Waals surface area contributed by atoms with Crippen molar-refractivity contribution in [2.24, 2.45) is 0 Å². The first kappa shape index (κ1) is 13.5. The van der Waals surface area contributed by atoms with Crippen LogP contribution in [0.2, 0.25) is 0 Å². The minimum absolute atomic E-state index is 0.152. The second-order valence-corrected chi connectivity index (χ2v) is 5.53. The van der Waals surface area contributed by atoms with Crippen LogP contribution >= 0.6 is 0 Å². The number of hydrogen-bond donors (Lipinski definition) is 0. The van der Waals surface area contributed by atoms with Gasteiger partial charge >= 0.3 is 0 Å². The molecule has 2 rings (SSSR count). The summed E-state index contributed by atoms with van der Waals surface area (Å²) in [5, 5.41) is 4.03. The summed E-state index contributed by atoms with van der Waals surface area (Å²) >= 11 is 0. The summed E-state index contributed by atoms with van der Waals surface area (Å²) in [6.07, 6.45) is 0.507. The van der Waals surface area contributed by atoms with Crippen LogP contribution in [0.15, 0.2) is 4.52 Å². The Morgan fingerprint density at radius 3 is 2.28 bits per heavy atom. The first-order chi connectivity index (χ1) is 8.47. The van der Waals surface area contributed by atoms with Gasteiger partial charge in [-0.05, 0) is 20.8 Å². The second-order valence-electron chi connectivity index (χ2n) is 5.53. The molecule has 5 heteroatoms. The standard InChI is InChI=1S/C13H23N3O2/c1-8(2)12-14-13(18-15-12)11(5)16-6-9(3)17-10(4)7-16/h8-11H,6-7H2,1-5H3. The van der Waals surface area contributed by atoms with Crippen molar-refractivity contribution >= 4 is 0 Å². The molecule has 1 aliphatic rings. The predicted molar refractivity (Wildman–Crippen MR) is 68.4 cm³/mol. The Labute approximate surface area is 108 Å². The molecule has 0 radical (unpaired) electrons. The third kappa shape index (κ3) is 2.90. The molecule has 102 valence electrons. The number of aromatic nitrogens is 2. The predicted octanol–water partition coefficient (Wildman–Crippen LogP) is 2.36. The number of nitrogens with zero attached hydrogens (tertiary/aromatic N) is 3. The largest absolute Gasteiger partial charge is 0.373 e. The van der Waals surface area contributed by atoms with Gasteiger partial charge < -0.3 is 9.26 Å². The molecule has 0 N–H and O–H groups in total. The summed E-state index contributed by atoms with van der Waals surface area (Å²) in [7, 11) is 0. The lowest BCUT2D eigenvalue weighted by molar-refractivity contribution is -0.0818. The maximum absolute atomic E-state index is 5.74. The molecule has 1 fully saturated rings. The van der Waals surface area contributed by atoms with Gasteiger partial charge in [-0.25, -0.2) is 0 Å². The molecule has 0 aromatic carbocycles. The van der Waals surface area contributed by atoms with Crippen molar-refractivity contribution in [2.75, 3.05) is 13.1 Å². The van der Waals surface area contributed by atoms with Crippen LogP contribution in [0, 0.1) is 0 Å². The Bertz CT molecular complexity index is 381. The van der Waals surface area contributed by atoms with E-state index in [1.165, 1.54) is 0 Å². The van der Waals surface area contributed by atoms with Gasteiger partial charge in [0.1, 0.15) is 0 Å². The highest BCUT2D eigenvalue weighted by atomic mass is 16.5. The molecule has 3 unspecified atom stereocenters. The normalized spacial score (nSPS) is 27.7. The fraction of sp³-hybridized carbons (Fsp3) is 0.846. The number of ether oxygens (including phenoxy) is 1. The lowest BCUT2D eigenvalue weighted by atomic mass is 10.1. The highest BCUT2D eigenvalue weighted by Gasteiger charge is 2.29. The van der Waals surface area contributed by atoms with Crippen molar-refractivity contribution in [3.63, 3.8) is 0 Å². The summed E-state index contributed by atoms with van der Waals surface area (Å²) in [6.45, 7) is 12.3. The molecule has 1 aliphatic heterocycles. The molecule has 0 aliphatic carbocycles. The second kappa shape index (κ2) is 5.36.